The lowest BCUT2D eigenvalue weighted by Gasteiger charge is -2.56. The highest BCUT2D eigenvalue weighted by Crippen LogP contribution is 2.51. The summed E-state index contributed by atoms with van der Waals surface area (Å²) in [5.74, 6) is 0.953. The maximum atomic E-state index is 13.8. The van der Waals surface area contributed by atoms with Gasteiger partial charge < -0.3 is 19.3 Å². The van der Waals surface area contributed by atoms with Crippen molar-refractivity contribution in [3.05, 3.63) is 65.7 Å². The van der Waals surface area contributed by atoms with E-state index in [4.69, 9.17) is 9.47 Å². The second kappa shape index (κ2) is 11.1. The Morgan fingerprint density at radius 1 is 1.14 bits per heavy atom. The Bertz CT molecular complexity index is 1060. The van der Waals surface area contributed by atoms with Gasteiger partial charge in [0.1, 0.15) is 5.75 Å². The molecule has 1 aliphatic heterocycles. The number of likely N-dealkylation sites (tertiary alicyclic amines) is 1. The summed E-state index contributed by atoms with van der Waals surface area (Å²) >= 11 is 0. The monoisotopic (exact) mass is 492 g/mol. The lowest BCUT2D eigenvalue weighted by molar-refractivity contribution is -0.131. The van der Waals surface area contributed by atoms with Gasteiger partial charge in [-0.05, 0) is 68.6 Å². The Labute approximate surface area is 215 Å². The van der Waals surface area contributed by atoms with Crippen LogP contribution in [0.5, 0.6) is 5.75 Å². The third kappa shape index (κ3) is 5.50. The molecule has 4 atom stereocenters. The molecule has 6 heteroatoms. The number of methoxy groups -OCH3 is 1. The molecule has 0 bridgehead atoms. The maximum Gasteiger partial charge on any atom is 0.308 e. The summed E-state index contributed by atoms with van der Waals surface area (Å²) in [4.78, 5) is 30.0. The fourth-order valence-electron chi connectivity index (χ4n) is 6.39. The summed E-state index contributed by atoms with van der Waals surface area (Å²) in [5, 5.41) is 0. The molecule has 0 spiro atoms. The molecule has 1 heterocycles. The van der Waals surface area contributed by atoms with Crippen LogP contribution in [0.25, 0.3) is 0 Å². The number of benzene rings is 2. The fraction of sp³-hybridized carbons (Fsp3) is 0.533. The Morgan fingerprint density at radius 2 is 1.89 bits per heavy atom. The quantitative estimate of drug-likeness (QED) is 0.411. The van der Waals surface area contributed by atoms with Gasteiger partial charge in [0, 0.05) is 50.1 Å². The van der Waals surface area contributed by atoms with Crippen LogP contribution >= 0.6 is 0 Å². The van der Waals surface area contributed by atoms with Crippen molar-refractivity contribution < 1.29 is 19.1 Å². The van der Waals surface area contributed by atoms with Gasteiger partial charge in [0.05, 0.1) is 6.10 Å². The Balaban J connectivity index is 1.77. The number of hydrogen-bond acceptors (Lipinski definition) is 5. The minimum absolute atomic E-state index is 0.0158. The highest BCUT2D eigenvalue weighted by atomic mass is 16.5. The zero-order valence-electron chi connectivity index (χ0n) is 22.3. The first-order valence-corrected chi connectivity index (χ1v) is 13.1. The van der Waals surface area contributed by atoms with Gasteiger partial charge in [-0.2, -0.15) is 0 Å². The van der Waals surface area contributed by atoms with Gasteiger partial charge >= 0.3 is 5.97 Å². The summed E-state index contributed by atoms with van der Waals surface area (Å²) in [6.07, 6.45) is 2.65. The first-order chi connectivity index (χ1) is 17.2. The van der Waals surface area contributed by atoms with Crippen molar-refractivity contribution >= 4 is 11.9 Å². The van der Waals surface area contributed by atoms with Crippen molar-refractivity contribution in [1.82, 2.24) is 9.80 Å². The van der Waals surface area contributed by atoms with Gasteiger partial charge in [-0.3, -0.25) is 9.59 Å². The molecule has 0 radical (unpaired) electrons. The summed E-state index contributed by atoms with van der Waals surface area (Å²) in [5.41, 5.74) is 1.71. The molecule has 6 nitrogen and oxygen atoms in total. The van der Waals surface area contributed by atoms with Crippen LogP contribution < -0.4 is 4.74 Å². The third-order valence-electron chi connectivity index (χ3n) is 7.97. The van der Waals surface area contributed by atoms with E-state index in [1.54, 1.807) is 7.11 Å². The van der Waals surface area contributed by atoms with Gasteiger partial charge in [0.2, 0.25) is 0 Å². The Morgan fingerprint density at radius 3 is 2.56 bits per heavy atom. The van der Waals surface area contributed by atoms with E-state index in [0.29, 0.717) is 18.2 Å². The lowest BCUT2D eigenvalue weighted by Crippen LogP contribution is -2.61. The summed E-state index contributed by atoms with van der Waals surface area (Å²) in [6.45, 7) is 8.36. The zero-order valence-corrected chi connectivity index (χ0v) is 22.3. The minimum atomic E-state index is -0.322. The average Bonchev–Trinajstić information content (AvgIpc) is 2.86. The summed E-state index contributed by atoms with van der Waals surface area (Å²) < 4.78 is 11.6. The number of carbonyl (C=O) groups excluding carboxylic acids is 2. The largest absolute Gasteiger partial charge is 0.427 e. The van der Waals surface area contributed by atoms with E-state index in [1.807, 2.05) is 48.5 Å². The topological polar surface area (TPSA) is 59.1 Å². The molecule has 2 aromatic rings. The molecule has 2 aliphatic rings. The maximum absolute atomic E-state index is 13.8. The first kappa shape index (κ1) is 26.4. The number of carbonyl (C=O) groups is 2. The summed E-state index contributed by atoms with van der Waals surface area (Å²) in [7, 11) is 3.97. The fourth-order valence-corrected chi connectivity index (χ4v) is 6.39. The van der Waals surface area contributed by atoms with E-state index in [1.165, 1.54) is 12.5 Å². The van der Waals surface area contributed by atoms with E-state index in [-0.39, 0.29) is 35.4 Å². The van der Waals surface area contributed by atoms with E-state index in [2.05, 4.69) is 36.8 Å². The number of ether oxygens (including phenoxy) is 2. The van der Waals surface area contributed by atoms with Crippen LogP contribution in [0.1, 0.15) is 56.0 Å². The van der Waals surface area contributed by atoms with Crippen LogP contribution in [0, 0.1) is 11.8 Å². The van der Waals surface area contributed by atoms with E-state index in [0.717, 1.165) is 37.9 Å². The molecule has 1 aliphatic carbocycles. The minimum Gasteiger partial charge on any atom is -0.427 e. The van der Waals surface area contributed by atoms with Crippen molar-refractivity contribution in [1.29, 1.82) is 0 Å². The second-order valence-corrected chi connectivity index (χ2v) is 11.0. The number of hydrogen-bond donors (Lipinski definition) is 0. The SMILES string of the molecule is COC1C[C@@H](N(CC(C)C)C(=O)c2ccccc2)CC2(c3cccc(OC(C)=O)c3)CCN(C)CC12. The van der Waals surface area contributed by atoms with Crippen molar-refractivity contribution in [2.24, 2.45) is 11.8 Å². The molecule has 1 saturated carbocycles. The molecule has 1 saturated heterocycles. The molecular formula is C30H40N2O4. The normalized spacial score (nSPS) is 26.3. The molecule has 2 fully saturated rings. The molecular weight excluding hydrogens is 452 g/mol. The van der Waals surface area contributed by atoms with Gasteiger partial charge in [-0.15, -0.1) is 0 Å². The van der Waals surface area contributed by atoms with E-state index < -0.39 is 0 Å². The van der Waals surface area contributed by atoms with Crippen LogP contribution in [0.2, 0.25) is 0 Å². The molecule has 1 amide bonds. The van der Waals surface area contributed by atoms with Crippen LogP contribution in [0.15, 0.2) is 54.6 Å². The van der Waals surface area contributed by atoms with Crippen molar-refractivity contribution in [3.8, 4) is 5.75 Å². The molecule has 194 valence electrons. The zero-order chi connectivity index (χ0) is 25.9. The number of amides is 1. The van der Waals surface area contributed by atoms with Crippen molar-refractivity contribution in [3.63, 3.8) is 0 Å². The number of esters is 1. The number of piperidine rings is 1. The highest BCUT2D eigenvalue weighted by molar-refractivity contribution is 5.94. The predicted molar refractivity (Wildman–Crippen MR) is 141 cm³/mol. The third-order valence-corrected chi connectivity index (χ3v) is 7.97. The Hall–Kier alpha value is -2.70. The smallest absolute Gasteiger partial charge is 0.308 e. The number of rotatable bonds is 7. The van der Waals surface area contributed by atoms with Gasteiger partial charge in [-0.25, -0.2) is 0 Å². The highest BCUT2D eigenvalue weighted by Gasteiger charge is 2.53. The molecule has 3 unspecified atom stereocenters. The number of nitrogens with zero attached hydrogens (tertiary/aromatic N) is 2. The standard InChI is InChI=1S/C30H40N2O4/c1-21(2)19-32(29(34)23-10-7-6-8-11-23)25-17-28(35-5)27-20-31(4)15-14-30(27,18-25)24-12-9-13-26(16-24)36-22(3)33/h6-13,16,21,25,27-28H,14-15,17-20H2,1-5H3/t25-,27?,28?,30?/m1/s1. The van der Waals surface area contributed by atoms with Crippen LogP contribution in [-0.2, 0) is 14.9 Å². The molecule has 2 aromatic carbocycles. The molecule has 4 rings (SSSR count). The molecule has 0 N–H and O–H groups in total. The van der Waals surface area contributed by atoms with Gasteiger partial charge in [0.15, 0.2) is 0 Å². The summed E-state index contributed by atoms with van der Waals surface area (Å²) in [6, 6.07) is 17.6. The Kier molecular flexibility index (Phi) is 8.16. The van der Waals surface area contributed by atoms with Gasteiger partial charge in [0.25, 0.3) is 5.91 Å². The van der Waals surface area contributed by atoms with E-state index >= 15 is 0 Å². The number of fused-ring (bicyclic) bond motifs is 1. The van der Waals surface area contributed by atoms with Crippen LogP contribution in [0.4, 0.5) is 0 Å². The second-order valence-electron chi connectivity index (χ2n) is 11.0. The van der Waals surface area contributed by atoms with Crippen LogP contribution in [0.3, 0.4) is 0 Å². The van der Waals surface area contributed by atoms with Crippen LogP contribution in [-0.4, -0.2) is 67.6 Å². The van der Waals surface area contributed by atoms with Gasteiger partial charge in [-0.1, -0.05) is 44.2 Å². The predicted octanol–water partition coefficient (Wildman–Crippen LogP) is 4.78. The van der Waals surface area contributed by atoms with Crippen molar-refractivity contribution in [2.75, 3.05) is 33.8 Å². The average molecular weight is 493 g/mol. The first-order valence-electron chi connectivity index (χ1n) is 13.1. The molecule has 36 heavy (non-hydrogen) atoms. The van der Waals surface area contributed by atoms with E-state index in [9.17, 15) is 9.59 Å². The molecule has 0 aromatic heterocycles. The van der Waals surface area contributed by atoms with Crippen molar-refractivity contribution in [2.45, 2.75) is 57.6 Å². The lowest BCUT2D eigenvalue weighted by atomic mass is 9.56.